The van der Waals surface area contributed by atoms with Gasteiger partial charge < -0.3 is 5.32 Å². The third kappa shape index (κ3) is 3.79. The molecule has 0 bridgehead atoms. The van der Waals surface area contributed by atoms with Crippen molar-refractivity contribution in [1.82, 2.24) is 0 Å². The molecule has 0 amide bonds. The predicted octanol–water partition coefficient (Wildman–Crippen LogP) is 4.30. The Morgan fingerprint density at radius 2 is 1.91 bits per heavy atom. The molecule has 0 spiro atoms. The summed E-state index contributed by atoms with van der Waals surface area (Å²) in [7, 11) is 1.62. The van der Waals surface area contributed by atoms with Crippen molar-refractivity contribution in [2.24, 2.45) is 0 Å². The monoisotopic (exact) mass is 360 g/mol. The molecule has 0 aromatic heterocycles. The van der Waals surface area contributed by atoms with Crippen molar-refractivity contribution in [3.05, 3.63) is 74.3 Å². The number of nitro groups is 1. The van der Waals surface area contributed by atoms with E-state index in [1.807, 2.05) is 0 Å². The third-order valence-electron chi connectivity index (χ3n) is 3.04. The Kier molecular flexibility index (Phi) is 5.06. The molecule has 0 unspecified atom stereocenters. The number of halogens is 1. The van der Waals surface area contributed by atoms with E-state index in [-0.39, 0.29) is 11.5 Å². The van der Waals surface area contributed by atoms with Crippen molar-refractivity contribution < 1.29 is 9.72 Å². The molecule has 0 saturated carbocycles. The molecule has 0 heterocycles. The minimum Gasteiger partial charge on any atom is -0.383 e. The lowest BCUT2D eigenvalue weighted by Crippen LogP contribution is -1.97. The number of carbonyl (C=O) groups excluding carboxylic acids is 1. The number of ketones is 1. The first-order valence-corrected chi connectivity index (χ1v) is 7.24. The predicted molar refractivity (Wildman–Crippen MR) is 90.1 cm³/mol. The normalized spacial score (nSPS) is 10.6. The zero-order valence-corrected chi connectivity index (χ0v) is 13.3. The molecule has 0 aliphatic heterocycles. The summed E-state index contributed by atoms with van der Waals surface area (Å²) in [6, 6.07) is 11.7. The SMILES string of the molecule is CNc1ccc(C=CC(=O)c2ccc(Br)cc2)cc1[N+](=O)[O-]. The van der Waals surface area contributed by atoms with E-state index in [2.05, 4.69) is 21.2 Å². The second-order valence-corrected chi connectivity index (χ2v) is 5.40. The smallest absolute Gasteiger partial charge is 0.292 e. The first-order chi connectivity index (χ1) is 10.5. The maximum atomic E-state index is 12.0. The molecule has 0 aliphatic carbocycles. The lowest BCUT2D eigenvalue weighted by atomic mass is 10.1. The molecule has 0 radical (unpaired) electrons. The van der Waals surface area contributed by atoms with Crippen molar-refractivity contribution in [3.8, 4) is 0 Å². The molecule has 112 valence electrons. The van der Waals surface area contributed by atoms with Crippen LogP contribution in [0.5, 0.6) is 0 Å². The van der Waals surface area contributed by atoms with Crippen LogP contribution in [0.2, 0.25) is 0 Å². The quantitative estimate of drug-likeness (QED) is 0.373. The van der Waals surface area contributed by atoms with Crippen LogP contribution in [0.1, 0.15) is 15.9 Å². The molecule has 2 aromatic rings. The van der Waals surface area contributed by atoms with E-state index in [4.69, 9.17) is 0 Å². The Labute approximate surface area is 135 Å². The summed E-state index contributed by atoms with van der Waals surface area (Å²) >= 11 is 3.31. The highest BCUT2D eigenvalue weighted by Crippen LogP contribution is 2.25. The van der Waals surface area contributed by atoms with Gasteiger partial charge in [-0.2, -0.15) is 0 Å². The van der Waals surface area contributed by atoms with Gasteiger partial charge in [0.2, 0.25) is 0 Å². The lowest BCUT2D eigenvalue weighted by molar-refractivity contribution is -0.383. The van der Waals surface area contributed by atoms with Gasteiger partial charge in [0, 0.05) is 23.2 Å². The van der Waals surface area contributed by atoms with Crippen LogP contribution >= 0.6 is 15.9 Å². The van der Waals surface area contributed by atoms with Crippen LogP contribution in [0, 0.1) is 10.1 Å². The van der Waals surface area contributed by atoms with Crippen molar-refractivity contribution in [3.63, 3.8) is 0 Å². The highest BCUT2D eigenvalue weighted by molar-refractivity contribution is 9.10. The Balaban J connectivity index is 2.22. The summed E-state index contributed by atoms with van der Waals surface area (Å²) in [6.07, 6.45) is 2.97. The molecule has 0 atom stereocenters. The second kappa shape index (κ2) is 7.00. The number of anilines is 1. The van der Waals surface area contributed by atoms with Gasteiger partial charge in [0.15, 0.2) is 5.78 Å². The molecule has 0 saturated heterocycles. The summed E-state index contributed by atoms with van der Waals surface area (Å²) in [5.41, 5.74) is 1.55. The van der Waals surface area contributed by atoms with Gasteiger partial charge in [-0.25, -0.2) is 0 Å². The maximum Gasteiger partial charge on any atom is 0.292 e. The van der Waals surface area contributed by atoms with Crippen LogP contribution in [-0.4, -0.2) is 17.8 Å². The fourth-order valence-corrected chi connectivity index (χ4v) is 2.16. The average molecular weight is 361 g/mol. The van der Waals surface area contributed by atoms with E-state index in [0.717, 1.165) is 4.47 Å². The van der Waals surface area contributed by atoms with Crippen LogP contribution in [0.15, 0.2) is 53.0 Å². The van der Waals surface area contributed by atoms with Gasteiger partial charge in [-0.15, -0.1) is 0 Å². The maximum absolute atomic E-state index is 12.0. The molecule has 1 N–H and O–H groups in total. The number of nitrogens with one attached hydrogen (secondary N) is 1. The topological polar surface area (TPSA) is 72.2 Å². The number of nitro benzene ring substituents is 1. The summed E-state index contributed by atoms with van der Waals surface area (Å²) < 4.78 is 0.895. The Morgan fingerprint density at radius 3 is 2.50 bits per heavy atom. The fourth-order valence-electron chi connectivity index (χ4n) is 1.90. The zero-order chi connectivity index (χ0) is 16.1. The molecule has 2 aromatic carbocycles. The summed E-state index contributed by atoms with van der Waals surface area (Å²) in [5.74, 6) is -0.159. The van der Waals surface area contributed by atoms with Gasteiger partial charge in [-0.1, -0.05) is 28.1 Å². The molecule has 6 heteroatoms. The van der Waals surface area contributed by atoms with E-state index in [0.29, 0.717) is 16.8 Å². The highest BCUT2D eigenvalue weighted by Gasteiger charge is 2.12. The van der Waals surface area contributed by atoms with Gasteiger partial charge in [-0.05, 0) is 42.0 Å². The van der Waals surface area contributed by atoms with Crippen LogP contribution in [0.3, 0.4) is 0 Å². The summed E-state index contributed by atoms with van der Waals surface area (Å²) in [4.78, 5) is 22.6. The largest absolute Gasteiger partial charge is 0.383 e. The number of allylic oxidation sites excluding steroid dienone is 1. The first-order valence-electron chi connectivity index (χ1n) is 6.45. The average Bonchev–Trinajstić information content (AvgIpc) is 2.53. The van der Waals surface area contributed by atoms with Crippen LogP contribution in [0.4, 0.5) is 11.4 Å². The minimum atomic E-state index is -0.459. The number of nitrogens with zero attached hydrogens (tertiary/aromatic N) is 1. The van der Waals surface area contributed by atoms with Crippen LogP contribution < -0.4 is 5.32 Å². The van der Waals surface area contributed by atoms with Gasteiger partial charge in [0.05, 0.1) is 4.92 Å². The Morgan fingerprint density at radius 1 is 1.23 bits per heavy atom. The van der Waals surface area contributed by atoms with Crippen LogP contribution in [-0.2, 0) is 0 Å². The first kappa shape index (κ1) is 15.9. The molecule has 5 nitrogen and oxygen atoms in total. The third-order valence-corrected chi connectivity index (χ3v) is 3.57. The molecular formula is C16H13BrN2O3. The standard InChI is InChI=1S/C16H13BrN2O3/c1-18-14-8-2-11(10-15(14)19(21)22)3-9-16(20)12-4-6-13(17)7-5-12/h2-10,18H,1H3. The molecular weight excluding hydrogens is 348 g/mol. The molecule has 22 heavy (non-hydrogen) atoms. The van der Waals surface area contributed by atoms with Crippen molar-refractivity contribution in [2.75, 3.05) is 12.4 Å². The van der Waals surface area contributed by atoms with E-state index in [9.17, 15) is 14.9 Å². The molecule has 0 fully saturated rings. The number of rotatable bonds is 5. The lowest BCUT2D eigenvalue weighted by Gasteiger charge is -2.02. The van der Waals surface area contributed by atoms with E-state index < -0.39 is 4.92 Å². The molecule has 0 aliphatic rings. The van der Waals surface area contributed by atoms with Crippen molar-refractivity contribution in [1.29, 1.82) is 0 Å². The summed E-state index contributed by atoms with van der Waals surface area (Å²) in [5, 5.41) is 13.8. The van der Waals surface area contributed by atoms with Gasteiger partial charge in [0.1, 0.15) is 5.69 Å². The van der Waals surface area contributed by atoms with Gasteiger partial charge in [-0.3, -0.25) is 14.9 Å². The van der Waals surface area contributed by atoms with Crippen LogP contribution in [0.25, 0.3) is 6.08 Å². The van der Waals surface area contributed by atoms with E-state index in [1.54, 1.807) is 49.5 Å². The zero-order valence-electron chi connectivity index (χ0n) is 11.7. The van der Waals surface area contributed by atoms with Gasteiger partial charge >= 0.3 is 0 Å². The Bertz CT molecular complexity index is 740. The van der Waals surface area contributed by atoms with Crippen molar-refractivity contribution in [2.45, 2.75) is 0 Å². The fraction of sp³-hybridized carbons (Fsp3) is 0.0625. The van der Waals surface area contributed by atoms with Gasteiger partial charge in [0.25, 0.3) is 5.69 Å². The molecule has 2 rings (SSSR count). The number of hydrogen-bond donors (Lipinski definition) is 1. The Hall–Kier alpha value is -2.47. The highest BCUT2D eigenvalue weighted by atomic mass is 79.9. The summed E-state index contributed by atoms with van der Waals surface area (Å²) in [6.45, 7) is 0. The number of hydrogen-bond acceptors (Lipinski definition) is 4. The minimum absolute atomic E-state index is 0.0271. The second-order valence-electron chi connectivity index (χ2n) is 4.49. The van der Waals surface area contributed by atoms with E-state index in [1.165, 1.54) is 12.1 Å². The number of benzene rings is 2. The van der Waals surface area contributed by atoms with Crippen molar-refractivity contribution >= 4 is 39.2 Å². The van der Waals surface area contributed by atoms with E-state index >= 15 is 0 Å². The number of carbonyl (C=O) groups is 1.